The Hall–Kier alpha value is -1.86. The van der Waals surface area contributed by atoms with E-state index >= 15 is 0 Å². The molecule has 3 rings (SSSR count). The van der Waals surface area contributed by atoms with Gasteiger partial charge in [0.1, 0.15) is 0 Å². The summed E-state index contributed by atoms with van der Waals surface area (Å²) < 4.78 is 4.91. The van der Waals surface area contributed by atoms with Gasteiger partial charge in [-0.15, -0.1) is 12.4 Å². The zero-order chi connectivity index (χ0) is 14.3. The second kappa shape index (κ2) is 5.87. The third kappa shape index (κ3) is 2.79. The van der Waals surface area contributed by atoms with Crippen LogP contribution in [0.4, 0.5) is 5.69 Å². The lowest BCUT2D eigenvalue weighted by Crippen LogP contribution is -2.32. The molecule has 1 heterocycles. The SMILES string of the molecule is COc1ccc(C(=O)NC2C3CNCC32)cc1[N+](=O)[O-].Cl. The predicted octanol–water partition coefficient (Wildman–Crippen LogP) is 0.973. The van der Waals surface area contributed by atoms with E-state index in [-0.39, 0.29) is 41.4 Å². The molecule has 1 saturated carbocycles. The second-order valence-corrected chi connectivity index (χ2v) is 5.13. The number of fused-ring (bicyclic) bond motifs is 1. The van der Waals surface area contributed by atoms with Gasteiger partial charge in [0.05, 0.1) is 12.0 Å². The van der Waals surface area contributed by atoms with E-state index in [2.05, 4.69) is 10.6 Å². The third-order valence-corrected chi connectivity index (χ3v) is 4.03. The van der Waals surface area contributed by atoms with E-state index in [0.717, 1.165) is 13.1 Å². The highest BCUT2D eigenvalue weighted by molar-refractivity contribution is 5.95. The molecule has 1 saturated heterocycles. The Balaban J connectivity index is 0.00000161. The standard InChI is InChI=1S/C13H15N3O4.ClH/c1-20-11-3-2-7(4-10(11)16(18)19)13(17)15-12-8-5-14-6-9(8)12;/h2-4,8-9,12,14H,5-6H2,1H3,(H,15,17);1H. The molecule has 0 spiro atoms. The number of ether oxygens (including phenoxy) is 1. The Morgan fingerprint density at radius 3 is 2.67 bits per heavy atom. The second-order valence-electron chi connectivity index (χ2n) is 5.13. The Labute approximate surface area is 127 Å². The zero-order valence-electron chi connectivity index (χ0n) is 11.4. The van der Waals surface area contributed by atoms with Crippen molar-refractivity contribution < 1.29 is 14.5 Å². The molecule has 2 unspecified atom stereocenters. The van der Waals surface area contributed by atoms with Crippen LogP contribution in [-0.4, -0.2) is 37.1 Å². The third-order valence-electron chi connectivity index (χ3n) is 4.03. The van der Waals surface area contributed by atoms with Crippen molar-refractivity contribution in [1.29, 1.82) is 0 Å². The molecular formula is C13H16ClN3O4. The summed E-state index contributed by atoms with van der Waals surface area (Å²) in [5, 5.41) is 17.1. The number of hydrogen-bond acceptors (Lipinski definition) is 5. The van der Waals surface area contributed by atoms with E-state index in [1.165, 1.54) is 25.3 Å². The average molecular weight is 314 g/mol. The van der Waals surface area contributed by atoms with E-state index in [4.69, 9.17) is 4.74 Å². The van der Waals surface area contributed by atoms with Crippen LogP contribution in [0.2, 0.25) is 0 Å². The zero-order valence-corrected chi connectivity index (χ0v) is 12.2. The van der Waals surface area contributed by atoms with Crippen LogP contribution in [0.15, 0.2) is 18.2 Å². The van der Waals surface area contributed by atoms with Crippen LogP contribution in [0.3, 0.4) is 0 Å². The fourth-order valence-corrected chi connectivity index (χ4v) is 2.84. The molecule has 7 nitrogen and oxygen atoms in total. The van der Waals surface area contributed by atoms with Crippen molar-refractivity contribution in [2.75, 3.05) is 20.2 Å². The van der Waals surface area contributed by atoms with Gasteiger partial charge in [0.25, 0.3) is 5.91 Å². The van der Waals surface area contributed by atoms with Crippen LogP contribution >= 0.6 is 12.4 Å². The normalized spacial score (nSPS) is 25.5. The first-order chi connectivity index (χ1) is 9.61. The molecule has 2 fully saturated rings. The molecule has 1 amide bonds. The first-order valence-corrected chi connectivity index (χ1v) is 6.46. The minimum Gasteiger partial charge on any atom is -0.490 e. The number of nitro groups is 1. The van der Waals surface area contributed by atoms with Gasteiger partial charge in [-0.25, -0.2) is 0 Å². The maximum absolute atomic E-state index is 12.1. The summed E-state index contributed by atoms with van der Waals surface area (Å²) in [7, 11) is 1.36. The lowest BCUT2D eigenvalue weighted by Gasteiger charge is -2.08. The number of nitrogens with one attached hydrogen (secondary N) is 2. The van der Waals surface area contributed by atoms with Gasteiger partial charge in [-0.05, 0) is 24.0 Å². The highest BCUT2D eigenvalue weighted by atomic mass is 35.5. The topological polar surface area (TPSA) is 93.5 Å². The van der Waals surface area contributed by atoms with Crippen molar-refractivity contribution in [3.05, 3.63) is 33.9 Å². The molecule has 1 aromatic rings. The Morgan fingerprint density at radius 1 is 1.43 bits per heavy atom. The Kier molecular flexibility index (Phi) is 4.34. The van der Waals surface area contributed by atoms with Gasteiger partial charge in [0.15, 0.2) is 5.75 Å². The summed E-state index contributed by atoms with van der Waals surface area (Å²) in [6.07, 6.45) is 0. The number of hydrogen-bond donors (Lipinski definition) is 2. The van der Waals surface area contributed by atoms with Crippen LogP contribution in [0.5, 0.6) is 5.75 Å². The van der Waals surface area contributed by atoms with Gasteiger partial charge in [-0.2, -0.15) is 0 Å². The number of methoxy groups -OCH3 is 1. The highest BCUT2D eigenvalue weighted by Gasteiger charge is 2.53. The van der Waals surface area contributed by atoms with Crippen LogP contribution in [-0.2, 0) is 0 Å². The van der Waals surface area contributed by atoms with E-state index in [1.54, 1.807) is 0 Å². The van der Waals surface area contributed by atoms with Crippen molar-refractivity contribution in [3.8, 4) is 5.75 Å². The van der Waals surface area contributed by atoms with E-state index in [1.807, 2.05) is 0 Å². The van der Waals surface area contributed by atoms with Gasteiger partial charge in [-0.1, -0.05) is 0 Å². The van der Waals surface area contributed by atoms with Crippen molar-refractivity contribution in [2.24, 2.45) is 11.8 Å². The Morgan fingerprint density at radius 2 is 2.10 bits per heavy atom. The number of piperidine rings is 1. The number of amides is 1. The summed E-state index contributed by atoms with van der Waals surface area (Å²) in [5.74, 6) is 0.897. The first-order valence-electron chi connectivity index (χ1n) is 6.46. The number of carbonyl (C=O) groups excluding carboxylic acids is 1. The van der Waals surface area contributed by atoms with Gasteiger partial charge < -0.3 is 15.4 Å². The molecule has 0 bridgehead atoms. The Bertz CT molecular complexity index is 571. The molecule has 2 atom stereocenters. The van der Waals surface area contributed by atoms with Crippen LogP contribution < -0.4 is 15.4 Å². The molecule has 1 aliphatic heterocycles. The number of benzene rings is 1. The van der Waals surface area contributed by atoms with Gasteiger partial charge >= 0.3 is 5.69 Å². The van der Waals surface area contributed by atoms with E-state index in [9.17, 15) is 14.9 Å². The summed E-state index contributed by atoms with van der Waals surface area (Å²) >= 11 is 0. The molecule has 114 valence electrons. The summed E-state index contributed by atoms with van der Waals surface area (Å²) in [4.78, 5) is 22.5. The fourth-order valence-electron chi connectivity index (χ4n) is 2.84. The van der Waals surface area contributed by atoms with Crippen LogP contribution in [0, 0.1) is 22.0 Å². The number of halogens is 1. The van der Waals surface area contributed by atoms with Crippen molar-refractivity contribution in [3.63, 3.8) is 0 Å². The van der Waals surface area contributed by atoms with E-state index in [0.29, 0.717) is 11.8 Å². The highest BCUT2D eigenvalue weighted by Crippen LogP contribution is 2.41. The van der Waals surface area contributed by atoms with Gasteiger partial charge in [0, 0.05) is 30.8 Å². The molecule has 1 aliphatic carbocycles. The minimum atomic E-state index is -0.550. The predicted molar refractivity (Wildman–Crippen MR) is 78.0 cm³/mol. The smallest absolute Gasteiger partial charge is 0.311 e. The summed E-state index contributed by atoms with van der Waals surface area (Å²) in [5.41, 5.74) is 0.0910. The lowest BCUT2D eigenvalue weighted by molar-refractivity contribution is -0.385. The molecule has 8 heteroatoms. The van der Waals surface area contributed by atoms with Crippen LogP contribution in [0.25, 0.3) is 0 Å². The molecule has 0 aromatic heterocycles. The average Bonchev–Trinajstić information content (AvgIpc) is 2.88. The monoisotopic (exact) mass is 313 g/mol. The van der Waals surface area contributed by atoms with Gasteiger partial charge in [-0.3, -0.25) is 14.9 Å². The molecule has 0 radical (unpaired) electrons. The van der Waals surface area contributed by atoms with E-state index < -0.39 is 4.92 Å². The molecule has 2 N–H and O–H groups in total. The fraction of sp³-hybridized carbons (Fsp3) is 0.462. The summed E-state index contributed by atoms with van der Waals surface area (Å²) in [6.45, 7) is 1.86. The minimum absolute atomic E-state index is 0. The lowest BCUT2D eigenvalue weighted by atomic mass is 10.1. The van der Waals surface area contributed by atoms with Crippen LogP contribution in [0.1, 0.15) is 10.4 Å². The number of nitrogens with zero attached hydrogens (tertiary/aromatic N) is 1. The van der Waals surface area contributed by atoms with Crippen molar-refractivity contribution in [1.82, 2.24) is 10.6 Å². The number of carbonyl (C=O) groups is 1. The molecule has 2 aliphatic rings. The van der Waals surface area contributed by atoms with Crippen molar-refractivity contribution >= 4 is 24.0 Å². The molecule has 1 aromatic carbocycles. The summed E-state index contributed by atoms with van der Waals surface area (Å²) in [6, 6.07) is 4.44. The maximum Gasteiger partial charge on any atom is 0.311 e. The largest absolute Gasteiger partial charge is 0.490 e. The number of rotatable bonds is 4. The van der Waals surface area contributed by atoms with Gasteiger partial charge in [0.2, 0.25) is 0 Å². The molecule has 21 heavy (non-hydrogen) atoms. The quantitative estimate of drug-likeness (QED) is 0.638. The number of nitro benzene ring substituents is 1. The maximum atomic E-state index is 12.1. The molecular weight excluding hydrogens is 298 g/mol. The first kappa shape index (κ1) is 15.5. The van der Waals surface area contributed by atoms with Crippen molar-refractivity contribution in [2.45, 2.75) is 6.04 Å².